The Balaban J connectivity index is 0. The third-order valence-electron chi connectivity index (χ3n) is 0.653. The largest absolute Gasteiger partial charge is 0.482 e. The lowest BCUT2D eigenvalue weighted by Gasteiger charge is -2.00. The van der Waals surface area contributed by atoms with E-state index in [1.54, 1.807) is 0 Å². The second kappa shape index (κ2) is 6.35. The van der Waals surface area contributed by atoms with Gasteiger partial charge in [-0.2, -0.15) is 0 Å². The highest BCUT2D eigenvalue weighted by Crippen LogP contribution is 1.78. The zero-order chi connectivity index (χ0) is 7.28. The molecule has 0 radical (unpaired) electrons. The topological polar surface area (TPSA) is 59.4 Å². The summed E-state index contributed by atoms with van der Waals surface area (Å²) >= 11 is 0. The van der Waals surface area contributed by atoms with Gasteiger partial charge in [-0.3, -0.25) is 10.2 Å². The molecule has 1 N–H and O–H groups in total. The van der Waals surface area contributed by atoms with Gasteiger partial charge in [0, 0.05) is 6.92 Å². The normalized spacial score (nSPS) is 7.40. The monoisotopic (exact) mass is 167 g/mol. The molecule has 0 spiro atoms. The lowest BCUT2D eigenvalue weighted by molar-refractivity contribution is -0.139. The van der Waals surface area contributed by atoms with Crippen LogP contribution in [0, 0.1) is 5.41 Å². The number of hydrogen-bond acceptors (Lipinski definition) is 4. The van der Waals surface area contributed by atoms with Crippen molar-refractivity contribution in [2.75, 3.05) is 13.7 Å². The third kappa shape index (κ3) is 7.23. The summed E-state index contributed by atoms with van der Waals surface area (Å²) in [6.07, 6.45) is 0. The van der Waals surface area contributed by atoms with Crippen molar-refractivity contribution in [3.63, 3.8) is 0 Å². The van der Waals surface area contributed by atoms with Crippen LogP contribution in [0.15, 0.2) is 0 Å². The van der Waals surface area contributed by atoms with Crippen LogP contribution in [0.25, 0.3) is 0 Å². The lowest BCUT2D eigenvalue weighted by Crippen LogP contribution is -2.11. The number of halogens is 1. The number of hydrogen-bond donors (Lipinski definition) is 1. The Bertz CT molecular complexity index is 126. The summed E-state index contributed by atoms with van der Waals surface area (Å²) < 4.78 is 8.81. The molecule has 0 unspecified atom stereocenters. The fourth-order valence-electron chi connectivity index (χ4n) is 0.226. The summed E-state index contributed by atoms with van der Waals surface area (Å²) in [5, 5.41) is 6.83. The Labute approximate surface area is 65.4 Å². The Hall–Kier alpha value is -0.770. The SMILES string of the molecule is COC(=N)COC(C)=O.Cl. The van der Waals surface area contributed by atoms with Gasteiger partial charge in [-0.05, 0) is 0 Å². The molecule has 0 aromatic carbocycles. The fourth-order valence-corrected chi connectivity index (χ4v) is 0.226. The van der Waals surface area contributed by atoms with E-state index in [9.17, 15) is 4.79 Å². The van der Waals surface area contributed by atoms with E-state index in [0.29, 0.717) is 0 Å². The van der Waals surface area contributed by atoms with Gasteiger partial charge in [-0.15, -0.1) is 12.4 Å². The number of esters is 1. The van der Waals surface area contributed by atoms with Crippen molar-refractivity contribution >= 4 is 24.3 Å². The standard InChI is InChI=1S/C5H9NO3.ClH/c1-4(7)9-3-5(6)8-2;/h6H,3H2,1-2H3;1H. The number of carbonyl (C=O) groups is 1. The fraction of sp³-hybridized carbons (Fsp3) is 0.600. The average molecular weight is 168 g/mol. The number of methoxy groups -OCH3 is 1. The molecule has 0 aliphatic rings. The van der Waals surface area contributed by atoms with Crippen LogP contribution in [-0.4, -0.2) is 25.6 Å². The third-order valence-corrected chi connectivity index (χ3v) is 0.653. The van der Waals surface area contributed by atoms with E-state index in [4.69, 9.17) is 5.41 Å². The Morgan fingerprint density at radius 1 is 1.60 bits per heavy atom. The molecule has 0 heterocycles. The first-order valence-corrected chi connectivity index (χ1v) is 2.41. The van der Waals surface area contributed by atoms with Gasteiger partial charge < -0.3 is 9.47 Å². The predicted molar refractivity (Wildman–Crippen MR) is 38.6 cm³/mol. The van der Waals surface area contributed by atoms with Gasteiger partial charge in [0.15, 0.2) is 6.61 Å². The van der Waals surface area contributed by atoms with Crippen LogP contribution in [0.1, 0.15) is 6.92 Å². The van der Waals surface area contributed by atoms with Gasteiger partial charge in [-0.25, -0.2) is 0 Å². The van der Waals surface area contributed by atoms with Crippen LogP contribution in [0.4, 0.5) is 0 Å². The van der Waals surface area contributed by atoms with E-state index >= 15 is 0 Å². The Kier molecular flexibility index (Phi) is 7.60. The van der Waals surface area contributed by atoms with Crippen LogP contribution < -0.4 is 0 Å². The second-order valence-corrected chi connectivity index (χ2v) is 1.41. The van der Waals surface area contributed by atoms with Gasteiger partial charge in [0.05, 0.1) is 7.11 Å². The van der Waals surface area contributed by atoms with Crippen LogP contribution in [0.2, 0.25) is 0 Å². The van der Waals surface area contributed by atoms with E-state index in [1.165, 1.54) is 14.0 Å². The molecule has 10 heavy (non-hydrogen) atoms. The maximum atomic E-state index is 10.1. The summed E-state index contributed by atoms with van der Waals surface area (Å²) in [6, 6.07) is 0. The van der Waals surface area contributed by atoms with Crippen molar-refractivity contribution in [1.82, 2.24) is 0 Å². The molecule has 0 amide bonds. The average Bonchev–Trinajstić information content (AvgIpc) is 1.83. The summed E-state index contributed by atoms with van der Waals surface area (Å²) in [7, 11) is 1.35. The minimum atomic E-state index is -0.406. The first-order valence-electron chi connectivity index (χ1n) is 2.41. The van der Waals surface area contributed by atoms with Crippen molar-refractivity contribution < 1.29 is 14.3 Å². The zero-order valence-corrected chi connectivity index (χ0v) is 6.66. The summed E-state index contributed by atoms with van der Waals surface area (Å²) in [5.74, 6) is -0.456. The Morgan fingerprint density at radius 2 is 2.10 bits per heavy atom. The van der Waals surface area contributed by atoms with Crippen molar-refractivity contribution in [2.45, 2.75) is 6.92 Å². The molecular weight excluding hydrogens is 158 g/mol. The van der Waals surface area contributed by atoms with Crippen molar-refractivity contribution in [2.24, 2.45) is 0 Å². The van der Waals surface area contributed by atoms with E-state index in [0.717, 1.165) is 0 Å². The van der Waals surface area contributed by atoms with Crippen LogP contribution in [-0.2, 0) is 14.3 Å². The number of ether oxygens (including phenoxy) is 2. The summed E-state index contributed by atoms with van der Waals surface area (Å²) in [5.41, 5.74) is 0. The summed E-state index contributed by atoms with van der Waals surface area (Å²) in [4.78, 5) is 10.1. The molecule has 5 heteroatoms. The number of rotatable bonds is 2. The first kappa shape index (κ1) is 12.0. The minimum absolute atomic E-state index is 0. The van der Waals surface area contributed by atoms with Crippen LogP contribution in [0.5, 0.6) is 0 Å². The maximum absolute atomic E-state index is 10.1. The Morgan fingerprint density at radius 3 is 2.40 bits per heavy atom. The molecule has 0 saturated carbocycles. The highest BCUT2D eigenvalue weighted by atomic mass is 35.5. The van der Waals surface area contributed by atoms with Gasteiger partial charge in [0.25, 0.3) is 0 Å². The predicted octanol–water partition coefficient (Wildman–Crippen LogP) is 0.595. The van der Waals surface area contributed by atoms with Crippen molar-refractivity contribution in [1.29, 1.82) is 5.41 Å². The molecule has 0 saturated heterocycles. The molecular formula is C5H10ClNO3. The van der Waals surface area contributed by atoms with Gasteiger partial charge in [0.2, 0.25) is 5.90 Å². The smallest absolute Gasteiger partial charge is 0.303 e. The number of carbonyl (C=O) groups excluding carboxylic acids is 1. The second-order valence-electron chi connectivity index (χ2n) is 1.41. The molecule has 0 aliphatic carbocycles. The van der Waals surface area contributed by atoms with Crippen LogP contribution in [0.3, 0.4) is 0 Å². The van der Waals surface area contributed by atoms with Gasteiger partial charge in [-0.1, -0.05) is 0 Å². The molecule has 0 aromatic heterocycles. The summed E-state index contributed by atoms with van der Waals surface area (Å²) in [6.45, 7) is 1.20. The molecule has 0 aliphatic heterocycles. The molecule has 0 aromatic rings. The van der Waals surface area contributed by atoms with E-state index in [1.807, 2.05) is 0 Å². The molecule has 60 valence electrons. The van der Waals surface area contributed by atoms with Crippen LogP contribution >= 0.6 is 12.4 Å². The highest BCUT2D eigenvalue weighted by Gasteiger charge is 1.96. The van der Waals surface area contributed by atoms with E-state index in [2.05, 4.69) is 9.47 Å². The molecule has 0 fully saturated rings. The van der Waals surface area contributed by atoms with Crippen molar-refractivity contribution in [3.8, 4) is 0 Å². The molecule has 4 nitrogen and oxygen atoms in total. The molecule has 0 rings (SSSR count). The van der Waals surface area contributed by atoms with E-state index in [-0.39, 0.29) is 24.9 Å². The van der Waals surface area contributed by atoms with Gasteiger partial charge >= 0.3 is 5.97 Å². The molecule has 0 bridgehead atoms. The maximum Gasteiger partial charge on any atom is 0.303 e. The molecule has 0 atom stereocenters. The van der Waals surface area contributed by atoms with Gasteiger partial charge in [0.1, 0.15) is 0 Å². The minimum Gasteiger partial charge on any atom is -0.482 e. The number of nitrogens with one attached hydrogen (secondary N) is 1. The zero-order valence-electron chi connectivity index (χ0n) is 5.84. The van der Waals surface area contributed by atoms with E-state index < -0.39 is 5.97 Å². The van der Waals surface area contributed by atoms with Crippen molar-refractivity contribution in [3.05, 3.63) is 0 Å². The lowest BCUT2D eigenvalue weighted by atomic mass is 10.7. The quantitative estimate of drug-likeness (QED) is 0.372. The first-order chi connectivity index (χ1) is 4.16. The highest BCUT2D eigenvalue weighted by molar-refractivity contribution is 5.85.